The van der Waals surface area contributed by atoms with Crippen molar-refractivity contribution in [2.75, 3.05) is 0 Å². The van der Waals surface area contributed by atoms with Gasteiger partial charge in [0, 0.05) is 6.20 Å². The second kappa shape index (κ2) is 3.30. The van der Waals surface area contributed by atoms with Crippen molar-refractivity contribution in [2.45, 2.75) is 5.75 Å². The topological polar surface area (TPSA) is 67.5 Å². The minimum Gasteiger partial charge on any atom is -0.478 e. The van der Waals surface area contributed by atoms with E-state index < -0.39 is 5.97 Å². The molecule has 0 saturated carbocycles. The third kappa shape index (κ3) is 1.24. The van der Waals surface area contributed by atoms with Gasteiger partial charge in [-0.2, -0.15) is 12.6 Å². The zero-order valence-corrected chi connectivity index (χ0v) is 7.98. The van der Waals surface area contributed by atoms with Gasteiger partial charge in [-0.15, -0.1) is 10.2 Å². The molecule has 0 aliphatic rings. The van der Waals surface area contributed by atoms with E-state index >= 15 is 0 Å². The first-order valence-electron chi connectivity index (χ1n) is 3.91. The van der Waals surface area contributed by atoms with Crippen LogP contribution in [0.1, 0.15) is 16.2 Å². The number of carboxylic acid groups (broad SMARTS) is 1. The van der Waals surface area contributed by atoms with Gasteiger partial charge in [-0.05, 0) is 12.1 Å². The van der Waals surface area contributed by atoms with Crippen molar-refractivity contribution in [3.8, 4) is 0 Å². The molecule has 0 fully saturated rings. The lowest BCUT2D eigenvalue weighted by Gasteiger charge is -1.97. The maximum atomic E-state index is 10.8. The Morgan fingerprint density at radius 1 is 1.57 bits per heavy atom. The minimum atomic E-state index is -1.01. The number of aromatic carboxylic acids is 1. The molecule has 0 aliphatic heterocycles. The molecule has 0 aliphatic carbocycles. The van der Waals surface area contributed by atoms with Gasteiger partial charge in [0.2, 0.25) is 0 Å². The number of rotatable bonds is 2. The van der Waals surface area contributed by atoms with Gasteiger partial charge in [0.1, 0.15) is 11.4 Å². The van der Waals surface area contributed by atoms with Gasteiger partial charge in [-0.3, -0.25) is 4.40 Å². The molecular weight excluding hydrogens is 202 g/mol. The van der Waals surface area contributed by atoms with E-state index in [0.29, 0.717) is 17.2 Å². The largest absolute Gasteiger partial charge is 0.478 e. The van der Waals surface area contributed by atoms with Crippen LogP contribution in [0.5, 0.6) is 0 Å². The average Bonchev–Trinajstić information content (AvgIpc) is 2.59. The monoisotopic (exact) mass is 209 g/mol. The Morgan fingerprint density at radius 2 is 2.36 bits per heavy atom. The average molecular weight is 209 g/mol. The van der Waals surface area contributed by atoms with E-state index in [4.69, 9.17) is 5.11 Å². The molecule has 5 nitrogen and oxygen atoms in total. The van der Waals surface area contributed by atoms with E-state index in [-0.39, 0.29) is 5.56 Å². The maximum absolute atomic E-state index is 10.8. The van der Waals surface area contributed by atoms with E-state index in [1.165, 1.54) is 6.07 Å². The van der Waals surface area contributed by atoms with E-state index in [1.807, 2.05) is 0 Å². The Kier molecular flexibility index (Phi) is 2.12. The Hall–Kier alpha value is -1.56. The van der Waals surface area contributed by atoms with Crippen LogP contribution >= 0.6 is 12.6 Å². The molecule has 2 aromatic rings. The van der Waals surface area contributed by atoms with Crippen LogP contribution in [0, 0.1) is 0 Å². The van der Waals surface area contributed by atoms with Crippen LogP contribution in [0.25, 0.3) is 5.65 Å². The fraction of sp³-hybridized carbons (Fsp3) is 0.125. The van der Waals surface area contributed by atoms with Crippen LogP contribution in [0.4, 0.5) is 0 Å². The van der Waals surface area contributed by atoms with Gasteiger partial charge in [-0.25, -0.2) is 4.79 Å². The lowest BCUT2D eigenvalue weighted by molar-refractivity contribution is 0.0698. The molecule has 0 unspecified atom stereocenters. The molecular formula is C8H7N3O2S. The third-order valence-electron chi connectivity index (χ3n) is 1.88. The number of nitrogens with zero attached hydrogens (tertiary/aromatic N) is 3. The van der Waals surface area contributed by atoms with E-state index in [0.717, 1.165) is 0 Å². The molecule has 1 N–H and O–H groups in total. The molecule has 0 saturated heterocycles. The highest BCUT2D eigenvalue weighted by Crippen LogP contribution is 2.10. The fourth-order valence-electron chi connectivity index (χ4n) is 1.24. The van der Waals surface area contributed by atoms with Crippen molar-refractivity contribution in [1.82, 2.24) is 14.6 Å². The van der Waals surface area contributed by atoms with Gasteiger partial charge in [0.05, 0.1) is 5.75 Å². The van der Waals surface area contributed by atoms with Crippen LogP contribution in [-0.2, 0) is 5.75 Å². The molecule has 2 aromatic heterocycles. The standard InChI is InChI=1S/C8H7N3O2S/c12-8(13)5-2-1-3-11-6(4-14)9-10-7(5)11/h1-3,14H,4H2,(H,12,13). The molecule has 6 heteroatoms. The van der Waals surface area contributed by atoms with Crippen molar-refractivity contribution in [2.24, 2.45) is 0 Å². The maximum Gasteiger partial charge on any atom is 0.339 e. The van der Waals surface area contributed by atoms with Gasteiger partial charge >= 0.3 is 5.97 Å². The van der Waals surface area contributed by atoms with Gasteiger partial charge in [0.15, 0.2) is 5.65 Å². The number of hydrogen-bond acceptors (Lipinski definition) is 4. The molecule has 0 atom stereocenters. The van der Waals surface area contributed by atoms with Crippen molar-refractivity contribution in [3.63, 3.8) is 0 Å². The van der Waals surface area contributed by atoms with Gasteiger partial charge in [0.25, 0.3) is 0 Å². The number of hydrogen-bond donors (Lipinski definition) is 2. The first-order valence-corrected chi connectivity index (χ1v) is 4.54. The first kappa shape index (κ1) is 9.01. The summed E-state index contributed by atoms with van der Waals surface area (Å²) in [5.41, 5.74) is 0.497. The lowest BCUT2D eigenvalue weighted by Crippen LogP contribution is -2.01. The highest BCUT2D eigenvalue weighted by Gasteiger charge is 2.12. The van der Waals surface area contributed by atoms with Crippen LogP contribution in [0.3, 0.4) is 0 Å². The van der Waals surface area contributed by atoms with Crippen molar-refractivity contribution in [1.29, 1.82) is 0 Å². The molecule has 0 aromatic carbocycles. The highest BCUT2D eigenvalue weighted by molar-refractivity contribution is 7.79. The number of aromatic nitrogens is 3. The molecule has 2 heterocycles. The minimum absolute atomic E-state index is 0.146. The predicted octanol–water partition coefficient (Wildman–Crippen LogP) is 0.857. The second-order valence-electron chi connectivity index (χ2n) is 2.69. The van der Waals surface area contributed by atoms with Crippen molar-refractivity contribution < 1.29 is 9.90 Å². The molecule has 0 spiro atoms. The van der Waals surface area contributed by atoms with E-state index in [9.17, 15) is 4.79 Å². The zero-order valence-electron chi connectivity index (χ0n) is 7.08. The Morgan fingerprint density at radius 3 is 3.00 bits per heavy atom. The smallest absolute Gasteiger partial charge is 0.339 e. The van der Waals surface area contributed by atoms with Gasteiger partial charge in [-0.1, -0.05) is 0 Å². The molecule has 14 heavy (non-hydrogen) atoms. The summed E-state index contributed by atoms with van der Waals surface area (Å²) < 4.78 is 1.62. The van der Waals surface area contributed by atoms with Crippen molar-refractivity contribution >= 4 is 24.2 Å². The summed E-state index contributed by atoms with van der Waals surface area (Å²) in [6, 6.07) is 3.14. The fourth-order valence-corrected chi connectivity index (χ4v) is 1.45. The summed E-state index contributed by atoms with van der Waals surface area (Å²) in [5, 5.41) is 16.5. The van der Waals surface area contributed by atoms with Crippen LogP contribution < -0.4 is 0 Å². The highest BCUT2D eigenvalue weighted by atomic mass is 32.1. The Bertz CT molecular complexity index is 494. The summed E-state index contributed by atoms with van der Waals surface area (Å²) in [7, 11) is 0. The lowest BCUT2D eigenvalue weighted by atomic mass is 10.3. The summed E-state index contributed by atoms with van der Waals surface area (Å²) in [6.45, 7) is 0. The first-order chi connectivity index (χ1) is 6.74. The summed E-state index contributed by atoms with van der Waals surface area (Å²) in [5.74, 6) is 0.0460. The van der Waals surface area contributed by atoms with Crippen LogP contribution in [0.15, 0.2) is 18.3 Å². The molecule has 0 bridgehead atoms. The Labute approximate surface area is 84.8 Å². The third-order valence-corrected chi connectivity index (χ3v) is 2.16. The number of carboxylic acids is 1. The zero-order chi connectivity index (χ0) is 10.1. The van der Waals surface area contributed by atoms with E-state index in [1.54, 1.807) is 16.7 Å². The van der Waals surface area contributed by atoms with Gasteiger partial charge < -0.3 is 5.11 Å². The van der Waals surface area contributed by atoms with E-state index in [2.05, 4.69) is 22.8 Å². The quantitative estimate of drug-likeness (QED) is 0.720. The summed E-state index contributed by atoms with van der Waals surface area (Å²) in [6.07, 6.45) is 1.72. The number of fused-ring (bicyclic) bond motifs is 1. The second-order valence-corrected chi connectivity index (χ2v) is 3.01. The number of carbonyl (C=O) groups is 1. The number of thiol groups is 1. The molecule has 2 rings (SSSR count). The van der Waals surface area contributed by atoms with Crippen LogP contribution in [0.2, 0.25) is 0 Å². The van der Waals surface area contributed by atoms with Crippen molar-refractivity contribution in [3.05, 3.63) is 29.7 Å². The predicted molar refractivity (Wildman–Crippen MR) is 52.6 cm³/mol. The summed E-state index contributed by atoms with van der Waals surface area (Å²) in [4.78, 5) is 10.8. The summed E-state index contributed by atoms with van der Waals surface area (Å²) >= 11 is 4.07. The molecule has 0 radical (unpaired) electrons. The molecule has 0 amide bonds. The normalized spacial score (nSPS) is 10.6. The molecule has 72 valence electrons. The van der Waals surface area contributed by atoms with Crippen LogP contribution in [-0.4, -0.2) is 25.7 Å². The Balaban J connectivity index is 2.76. The SMILES string of the molecule is O=C(O)c1cccn2c(CS)nnc12. The number of pyridine rings is 1.